The molecule has 2 atom stereocenters. The Morgan fingerprint density at radius 2 is 1.78 bits per heavy atom. The Kier molecular flexibility index (Phi) is 7.58. The zero-order valence-electron chi connectivity index (χ0n) is 20.1. The molecular weight excluding hydrogens is 494 g/mol. The van der Waals surface area contributed by atoms with Gasteiger partial charge in [-0.05, 0) is 37.1 Å². The van der Waals surface area contributed by atoms with E-state index >= 15 is 0 Å². The minimum atomic E-state index is -4.57. The van der Waals surface area contributed by atoms with Crippen LogP contribution in [0.3, 0.4) is 0 Å². The maximum atomic E-state index is 13.2. The van der Waals surface area contributed by atoms with E-state index < -0.39 is 35.6 Å². The van der Waals surface area contributed by atoms with Crippen LogP contribution in [0.1, 0.15) is 75.8 Å². The van der Waals surface area contributed by atoms with Crippen molar-refractivity contribution in [2.24, 2.45) is 0 Å². The molecule has 1 aromatic carbocycles. The highest BCUT2D eigenvalue weighted by molar-refractivity contribution is 6.01. The lowest BCUT2D eigenvalue weighted by atomic mass is 10.1. The molecule has 0 spiro atoms. The number of rotatable bonds is 7. The summed E-state index contributed by atoms with van der Waals surface area (Å²) >= 11 is 0. The first kappa shape index (κ1) is 26.3. The van der Waals surface area contributed by atoms with Crippen LogP contribution >= 0.6 is 0 Å². The van der Waals surface area contributed by atoms with Crippen LogP contribution in [0.2, 0.25) is 0 Å². The van der Waals surface area contributed by atoms with Crippen LogP contribution in [0.25, 0.3) is 0 Å². The number of nitrogens with one attached hydrogen (secondary N) is 2. The molecule has 1 aliphatic rings. The second kappa shape index (κ2) is 10.7. The number of alkyl halides is 3. The monoisotopic (exact) mass is 519 g/mol. The maximum Gasteiger partial charge on any atom is 0.419 e. The van der Waals surface area contributed by atoms with Gasteiger partial charge in [0.15, 0.2) is 0 Å². The smallest absolute Gasteiger partial charge is 0.373 e. The number of halogens is 4. The Labute approximate surface area is 210 Å². The summed E-state index contributed by atoms with van der Waals surface area (Å²) in [5, 5.41) is 5.61. The van der Waals surface area contributed by atoms with Crippen molar-refractivity contribution in [3.8, 4) is 0 Å². The second-order valence-corrected chi connectivity index (χ2v) is 8.60. The zero-order valence-corrected chi connectivity index (χ0v) is 20.1. The van der Waals surface area contributed by atoms with E-state index in [4.69, 9.17) is 4.74 Å². The molecule has 0 aliphatic carbocycles. The molecule has 0 saturated heterocycles. The third-order valence-electron chi connectivity index (χ3n) is 6.13. The predicted molar refractivity (Wildman–Crippen MR) is 124 cm³/mol. The van der Waals surface area contributed by atoms with Crippen LogP contribution in [0.15, 0.2) is 42.7 Å². The molecule has 0 fully saturated rings. The molecule has 0 radical (unpaired) electrons. The summed E-state index contributed by atoms with van der Waals surface area (Å²) in [5.74, 6) is -1.29. The number of fused-ring (bicyclic) bond motifs is 1. The fourth-order valence-electron chi connectivity index (χ4n) is 4.06. The van der Waals surface area contributed by atoms with Crippen LogP contribution in [-0.2, 0) is 24.1 Å². The normalized spacial score (nSPS) is 15.0. The third-order valence-corrected chi connectivity index (χ3v) is 6.13. The van der Waals surface area contributed by atoms with Gasteiger partial charge >= 0.3 is 6.18 Å². The predicted octanol–water partition coefficient (Wildman–Crippen LogP) is 4.34. The Balaban J connectivity index is 1.54. The van der Waals surface area contributed by atoms with Gasteiger partial charge in [0, 0.05) is 18.9 Å². The van der Waals surface area contributed by atoms with Gasteiger partial charge in [0.05, 0.1) is 42.1 Å². The fraction of sp³-hybridized carbons (Fsp3) is 0.360. The summed E-state index contributed by atoms with van der Waals surface area (Å²) in [6, 6.07) is 6.07. The first-order valence-electron chi connectivity index (χ1n) is 11.6. The quantitative estimate of drug-likeness (QED) is 0.453. The molecule has 3 heterocycles. The maximum absolute atomic E-state index is 13.2. The number of hydrogen-bond donors (Lipinski definition) is 2. The van der Waals surface area contributed by atoms with E-state index in [1.54, 1.807) is 30.5 Å². The van der Waals surface area contributed by atoms with Gasteiger partial charge in [-0.3, -0.25) is 9.59 Å². The van der Waals surface area contributed by atoms with E-state index in [1.807, 2.05) is 0 Å². The number of aromatic nitrogens is 3. The summed E-state index contributed by atoms with van der Waals surface area (Å²) in [6.07, 6.45) is -2.89. The van der Waals surface area contributed by atoms with Gasteiger partial charge in [-0.25, -0.2) is 14.4 Å². The van der Waals surface area contributed by atoms with Crippen LogP contribution in [-0.4, -0.2) is 33.0 Å². The Hall–Kier alpha value is -3.80. The summed E-state index contributed by atoms with van der Waals surface area (Å²) < 4.78 is 59.0. The average molecular weight is 519 g/mol. The Morgan fingerprint density at radius 1 is 1.11 bits per heavy atom. The van der Waals surface area contributed by atoms with Crippen molar-refractivity contribution in [2.45, 2.75) is 51.7 Å². The number of ether oxygens (including phenoxy) is 1. The SMILES string of the molecule is CCC(NC(=O)c1cc(C(=O)NC(C)c2ccc(F)cc2)n2c1COCC2)c1ncc(C(F)(F)F)cn1. The molecule has 3 aromatic rings. The van der Waals surface area contributed by atoms with E-state index in [1.165, 1.54) is 18.2 Å². The van der Waals surface area contributed by atoms with Gasteiger partial charge in [0.1, 0.15) is 17.3 Å². The summed E-state index contributed by atoms with van der Waals surface area (Å²) in [6.45, 7) is 4.32. The van der Waals surface area contributed by atoms with E-state index in [9.17, 15) is 27.2 Å². The van der Waals surface area contributed by atoms with E-state index in [0.717, 1.165) is 0 Å². The van der Waals surface area contributed by atoms with Gasteiger partial charge in [0.25, 0.3) is 11.8 Å². The minimum absolute atomic E-state index is 0.0410. The van der Waals surface area contributed by atoms with Gasteiger partial charge in [-0.15, -0.1) is 0 Å². The van der Waals surface area contributed by atoms with Gasteiger partial charge in [0.2, 0.25) is 0 Å². The highest BCUT2D eigenvalue weighted by Gasteiger charge is 2.32. The topological polar surface area (TPSA) is 98.1 Å². The molecule has 0 bridgehead atoms. The number of nitrogens with zero attached hydrogens (tertiary/aromatic N) is 3. The van der Waals surface area contributed by atoms with Gasteiger partial charge in [-0.1, -0.05) is 19.1 Å². The molecule has 37 heavy (non-hydrogen) atoms. The van der Waals surface area contributed by atoms with Crippen molar-refractivity contribution in [1.82, 2.24) is 25.2 Å². The van der Waals surface area contributed by atoms with Crippen molar-refractivity contribution in [2.75, 3.05) is 6.61 Å². The standard InChI is InChI=1S/C25H25F4N5O3/c1-3-19(22-30-11-16(12-31-22)25(27,28)29)33-23(35)18-10-20(34-8-9-37-13-21(18)34)24(36)32-14(2)15-4-6-17(26)7-5-15/h4-7,10-12,14,19H,3,8-9,13H2,1-2H3,(H,32,36)(H,33,35). The fourth-order valence-corrected chi connectivity index (χ4v) is 4.06. The lowest BCUT2D eigenvalue weighted by Gasteiger charge is -2.21. The van der Waals surface area contributed by atoms with Crippen LogP contribution in [0.4, 0.5) is 17.6 Å². The summed E-state index contributed by atoms with van der Waals surface area (Å²) in [7, 11) is 0. The first-order chi connectivity index (χ1) is 17.6. The third kappa shape index (κ3) is 5.79. The lowest BCUT2D eigenvalue weighted by Crippen LogP contribution is -2.31. The number of carbonyl (C=O) groups is 2. The average Bonchev–Trinajstić information content (AvgIpc) is 3.27. The lowest BCUT2D eigenvalue weighted by molar-refractivity contribution is -0.138. The number of carbonyl (C=O) groups excluding carboxylic acids is 2. The molecule has 2 amide bonds. The van der Waals surface area contributed by atoms with Crippen molar-refractivity contribution in [1.29, 1.82) is 0 Å². The number of amides is 2. The Morgan fingerprint density at radius 3 is 2.41 bits per heavy atom. The molecule has 196 valence electrons. The van der Waals surface area contributed by atoms with Crippen LogP contribution in [0.5, 0.6) is 0 Å². The first-order valence-corrected chi connectivity index (χ1v) is 11.6. The van der Waals surface area contributed by atoms with Gasteiger partial charge in [-0.2, -0.15) is 13.2 Å². The van der Waals surface area contributed by atoms with Crippen LogP contribution < -0.4 is 10.6 Å². The number of hydrogen-bond acceptors (Lipinski definition) is 5. The summed E-state index contributed by atoms with van der Waals surface area (Å²) in [4.78, 5) is 33.9. The largest absolute Gasteiger partial charge is 0.419 e. The molecular formula is C25H25F4N5O3. The molecule has 8 nitrogen and oxygen atoms in total. The molecule has 2 unspecified atom stereocenters. The second-order valence-electron chi connectivity index (χ2n) is 8.60. The highest BCUT2D eigenvalue weighted by Crippen LogP contribution is 2.29. The summed E-state index contributed by atoms with van der Waals surface area (Å²) in [5.41, 5.74) is 0.706. The van der Waals surface area contributed by atoms with E-state index in [2.05, 4.69) is 20.6 Å². The highest BCUT2D eigenvalue weighted by atomic mass is 19.4. The molecule has 0 saturated carbocycles. The van der Waals surface area contributed by atoms with E-state index in [-0.39, 0.29) is 29.5 Å². The van der Waals surface area contributed by atoms with Crippen molar-refractivity contribution in [3.05, 3.63) is 82.4 Å². The molecule has 4 rings (SSSR count). The molecule has 12 heteroatoms. The minimum Gasteiger partial charge on any atom is -0.373 e. The molecule has 2 N–H and O–H groups in total. The Bertz CT molecular complexity index is 1270. The van der Waals surface area contributed by atoms with Crippen molar-refractivity contribution in [3.63, 3.8) is 0 Å². The molecule has 2 aromatic heterocycles. The molecule has 1 aliphatic heterocycles. The van der Waals surface area contributed by atoms with Gasteiger partial charge < -0.3 is 19.9 Å². The zero-order chi connectivity index (χ0) is 26.7. The number of benzene rings is 1. The van der Waals surface area contributed by atoms with E-state index in [0.29, 0.717) is 43.2 Å². The van der Waals surface area contributed by atoms with Crippen molar-refractivity contribution < 1.29 is 31.9 Å². The van der Waals surface area contributed by atoms with Crippen molar-refractivity contribution >= 4 is 11.8 Å². The van der Waals surface area contributed by atoms with Crippen LogP contribution in [0, 0.1) is 5.82 Å².